The maximum Gasteiger partial charge on any atom is 0.0218 e. The van der Waals surface area contributed by atoms with Crippen LogP contribution in [-0.4, -0.2) is 36.6 Å². The molecule has 4 atom stereocenters. The van der Waals surface area contributed by atoms with Gasteiger partial charge >= 0.3 is 0 Å². The minimum atomic E-state index is 0.696. The molecule has 0 aromatic carbocycles. The van der Waals surface area contributed by atoms with Gasteiger partial charge in [0, 0.05) is 25.2 Å². The van der Waals surface area contributed by atoms with Crippen LogP contribution in [0.15, 0.2) is 0 Å². The zero-order chi connectivity index (χ0) is 13.8. The molecule has 0 aromatic heterocycles. The van der Waals surface area contributed by atoms with Crippen molar-refractivity contribution in [2.45, 2.75) is 71.9 Å². The highest BCUT2D eigenvalue weighted by Gasteiger charge is 2.27. The molecule has 1 aliphatic heterocycles. The van der Waals surface area contributed by atoms with Gasteiger partial charge in [0.05, 0.1) is 0 Å². The number of rotatable bonds is 4. The molecule has 2 rings (SSSR count). The van der Waals surface area contributed by atoms with Crippen LogP contribution < -0.4 is 5.32 Å². The van der Waals surface area contributed by atoms with Crippen LogP contribution in [0.5, 0.6) is 0 Å². The second kappa shape index (κ2) is 7.08. The van der Waals surface area contributed by atoms with E-state index in [-0.39, 0.29) is 0 Å². The topological polar surface area (TPSA) is 15.3 Å². The Morgan fingerprint density at radius 2 is 2.00 bits per heavy atom. The normalized spacial score (nSPS) is 37.7. The smallest absolute Gasteiger partial charge is 0.0218 e. The summed E-state index contributed by atoms with van der Waals surface area (Å²) in [5.74, 6) is 2.73. The van der Waals surface area contributed by atoms with Crippen molar-refractivity contribution >= 4 is 0 Å². The van der Waals surface area contributed by atoms with Crippen LogP contribution in [0.4, 0.5) is 0 Å². The average molecular weight is 266 g/mol. The first kappa shape index (κ1) is 15.3. The third-order valence-corrected chi connectivity index (χ3v) is 5.40. The van der Waals surface area contributed by atoms with E-state index in [2.05, 4.69) is 37.9 Å². The molecule has 0 amide bonds. The lowest BCUT2D eigenvalue weighted by molar-refractivity contribution is 0.110. The summed E-state index contributed by atoms with van der Waals surface area (Å²) >= 11 is 0. The first-order chi connectivity index (χ1) is 9.06. The van der Waals surface area contributed by atoms with E-state index in [1.807, 2.05) is 0 Å². The van der Waals surface area contributed by atoms with Gasteiger partial charge in [0.25, 0.3) is 0 Å². The Balaban J connectivity index is 1.77. The molecule has 0 radical (unpaired) electrons. The summed E-state index contributed by atoms with van der Waals surface area (Å²) < 4.78 is 0. The highest BCUT2D eigenvalue weighted by Crippen LogP contribution is 2.31. The van der Waals surface area contributed by atoms with Gasteiger partial charge in [-0.05, 0) is 44.1 Å². The van der Waals surface area contributed by atoms with Gasteiger partial charge in [-0.1, -0.05) is 40.0 Å². The van der Waals surface area contributed by atoms with Crippen LogP contribution in [0.25, 0.3) is 0 Å². The molecule has 2 heteroatoms. The van der Waals surface area contributed by atoms with Crippen LogP contribution in [0, 0.1) is 17.8 Å². The lowest BCUT2D eigenvalue weighted by Gasteiger charge is -2.41. The fourth-order valence-corrected chi connectivity index (χ4v) is 3.88. The Hall–Kier alpha value is -0.0800. The quantitative estimate of drug-likeness (QED) is 0.837. The molecule has 2 aliphatic rings. The Morgan fingerprint density at radius 3 is 2.68 bits per heavy atom. The Bertz CT molecular complexity index is 264. The molecule has 1 saturated heterocycles. The summed E-state index contributed by atoms with van der Waals surface area (Å²) in [7, 11) is 0. The van der Waals surface area contributed by atoms with E-state index in [1.54, 1.807) is 0 Å². The van der Waals surface area contributed by atoms with Crippen LogP contribution >= 0.6 is 0 Å². The van der Waals surface area contributed by atoms with Gasteiger partial charge in [0.2, 0.25) is 0 Å². The van der Waals surface area contributed by atoms with Gasteiger partial charge in [0.1, 0.15) is 0 Å². The third kappa shape index (κ3) is 4.46. The lowest BCUT2D eigenvalue weighted by Crippen LogP contribution is -2.57. The molecule has 1 saturated carbocycles. The number of hydrogen-bond donors (Lipinski definition) is 1. The molecule has 4 unspecified atom stereocenters. The summed E-state index contributed by atoms with van der Waals surface area (Å²) in [6, 6.07) is 1.41. The number of piperazine rings is 1. The van der Waals surface area contributed by atoms with E-state index in [0.29, 0.717) is 6.04 Å². The molecule has 19 heavy (non-hydrogen) atoms. The van der Waals surface area contributed by atoms with Crippen molar-refractivity contribution < 1.29 is 0 Å². The predicted molar refractivity (Wildman–Crippen MR) is 83.4 cm³/mol. The van der Waals surface area contributed by atoms with Gasteiger partial charge in [-0.2, -0.15) is 0 Å². The molecular formula is C17H34N2. The first-order valence-corrected chi connectivity index (χ1v) is 8.53. The Kier molecular flexibility index (Phi) is 5.70. The van der Waals surface area contributed by atoms with Crippen molar-refractivity contribution in [1.82, 2.24) is 10.2 Å². The number of nitrogens with one attached hydrogen (secondary N) is 1. The Morgan fingerprint density at radius 1 is 1.21 bits per heavy atom. The molecule has 2 fully saturated rings. The summed E-state index contributed by atoms with van der Waals surface area (Å²) in [6.45, 7) is 13.2. The average Bonchev–Trinajstić information content (AvgIpc) is 2.37. The number of hydrogen-bond acceptors (Lipinski definition) is 2. The molecule has 2 nitrogen and oxygen atoms in total. The Labute approximate surface area is 120 Å². The van der Waals surface area contributed by atoms with Crippen molar-refractivity contribution in [3.63, 3.8) is 0 Å². The van der Waals surface area contributed by atoms with Gasteiger partial charge in [0.15, 0.2) is 0 Å². The SMILES string of the molecule is CC1CCCC(CCN2CC(C(C)C)NCC2C)C1. The minimum Gasteiger partial charge on any atom is -0.311 e. The maximum atomic E-state index is 3.70. The fourth-order valence-electron chi connectivity index (χ4n) is 3.88. The zero-order valence-electron chi connectivity index (χ0n) is 13.5. The van der Waals surface area contributed by atoms with E-state index in [1.165, 1.54) is 51.7 Å². The van der Waals surface area contributed by atoms with Crippen molar-refractivity contribution in [3.8, 4) is 0 Å². The van der Waals surface area contributed by atoms with Crippen LogP contribution in [0.2, 0.25) is 0 Å². The van der Waals surface area contributed by atoms with Crippen LogP contribution in [-0.2, 0) is 0 Å². The number of nitrogens with zero attached hydrogens (tertiary/aromatic N) is 1. The molecule has 112 valence electrons. The maximum absolute atomic E-state index is 3.70. The molecular weight excluding hydrogens is 232 g/mol. The van der Waals surface area contributed by atoms with Crippen molar-refractivity contribution in [2.24, 2.45) is 17.8 Å². The van der Waals surface area contributed by atoms with Gasteiger partial charge < -0.3 is 5.32 Å². The standard InChI is InChI=1S/C17H34N2/c1-13(2)17-12-19(15(4)11-18-17)9-8-16-7-5-6-14(3)10-16/h13-18H,5-12H2,1-4H3. The second-order valence-corrected chi connectivity index (χ2v) is 7.53. The second-order valence-electron chi connectivity index (χ2n) is 7.53. The van der Waals surface area contributed by atoms with Crippen molar-refractivity contribution in [1.29, 1.82) is 0 Å². The van der Waals surface area contributed by atoms with Gasteiger partial charge in [-0.25, -0.2) is 0 Å². The molecule has 0 aromatic rings. The highest BCUT2D eigenvalue weighted by atomic mass is 15.2. The minimum absolute atomic E-state index is 0.696. The van der Waals surface area contributed by atoms with E-state index in [4.69, 9.17) is 0 Å². The fraction of sp³-hybridized carbons (Fsp3) is 1.00. The molecule has 1 aliphatic carbocycles. The highest BCUT2D eigenvalue weighted by molar-refractivity contribution is 4.86. The van der Waals surface area contributed by atoms with Crippen molar-refractivity contribution in [2.75, 3.05) is 19.6 Å². The van der Waals surface area contributed by atoms with E-state index in [0.717, 1.165) is 23.8 Å². The lowest BCUT2D eigenvalue weighted by atomic mass is 9.80. The third-order valence-electron chi connectivity index (χ3n) is 5.40. The van der Waals surface area contributed by atoms with Gasteiger partial charge in [-0.3, -0.25) is 4.90 Å². The van der Waals surface area contributed by atoms with E-state index in [9.17, 15) is 0 Å². The summed E-state index contributed by atoms with van der Waals surface area (Å²) in [5, 5.41) is 3.70. The molecule has 0 bridgehead atoms. The molecule has 0 spiro atoms. The largest absolute Gasteiger partial charge is 0.311 e. The van der Waals surface area contributed by atoms with Crippen LogP contribution in [0.3, 0.4) is 0 Å². The van der Waals surface area contributed by atoms with Crippen LogP contribution in [0.1, 0.15) is 59.8 Å². The van der Waals surface area contributed by atoms with E-state index >= 15 is 0 Å². The summed E-state index contributed by atoms with van der Waals surface area (Å²) in [5.41, 5.74) is 0. The summed E-state index contributed by atoms with van der Waals surface area (Å²) in [6.07, 6.45) is 7.33. The van der Waals surface area contributed by atoms with E-state index < -0.39 is 0 Å². The summed E-state index contributed by atoms with van der Waals surface area (Å²) in [4.78, 5) is 2.74. The van der Waals surface area contributed by atoms with Gasteiger partial charge in [-0.15, -0.1) is 0 Å². The predicted octanol–water partition coefficient (Wildman–Crippen LogP) is 3.52. The van der Waals surface area contributed by atoms with Crippen molar-refractivity contribution in [3.05, 3.63) is 0 Å². The molecule has 1 heterocycles. The zero-order valence-corrected chi connectivity index (χ0v) is 13.5. The first-order valence-electron chi connectivity index (χ1n) is 8.53. The molecule has 1 N–H and O–H groups in total. The monoisotopic (exact) mass is 266 g/mol.